The second-order valence-electron chi connectivity index (χ2n) is 15.5. The summed E-state index contributed by atoms with van der Waals surface area (Å²) < 4.78 is 31.5. The second kappa shape index (κ2) is 16.9. The molecular formula is C53H45IrN3OS-2. The van der Waals surface area contributed by atoms with E-state index in [0.29, 0.717) is 11.8 Å². The quantitative estimate of drug-likeness (QED) is 0.150. The number of para-hydroxylation sites is 2. The molecule has 0 amide bonds. The van der Waals surface area contributed by atoms with Gasteiger partial charge in [0.25, 0.3) is 0 Å². The summed E-state index contributed by atoms with van der Waals surface area (Å²) in [5.74, 6) is 1.84. The average molecular weight is 967 g/mol. The summed E-state index contributed by atoms with van der Waals surface area (Å²) >= 11 is 1.67. The Bertz CT molecular complexity index is 3150. The minimum absolute atomic E-state index is 0. The van der Waals surface area contributed by atoms with E-state index in [0.717, 1.165) is 62.2 Å². The van der Waals surface area contributed by atoms with Crippen molar-refractivity contribution in [2.75, 3.05) is 0 Å². The monoisotopic (exact) mass is 967 g/mol. The molecule has 295 valence electrons. The van der Waals surface area contributed by atoms with Gasteiger partial charge in [0.2, 0.25) is 0 Å². The van der Waals surface area contributed by atoms with Gasteiger partial charge in [0.05, 0.1) is 16.9 Å². The largest absolute Gasteiger partial charge is 0.456 e. The zero-order valence-electron chi connectivity index (χ0n) is 36.6. The molecule has 4 heterocycles. The van der Waals surface area contributed by atoms with Crippen LogP contribution in [0.4, 0.5) is 0 Å². The van der Waals surface area contributed by atoms with Crippen LogP contribution >= 0.6 is 11.3 Å². The number of pyridine rings is 1. The fourth-order valence-corrected chi connectivity index (χ4v) is 8.78. The van der Waals surface area contributed by atoms with Crippen LogP contribution in [0.25, 0.3) is 76.8 Å². The zero-order chi connectivity index (χ0) is 42.4. The number of rotatable bonds is 7. The number of hydrogen-bond donors (Lipinski definition) is 0. The Kier molecular flexibility index (Phi) is 10.4. The molecule has 0 aliphatic carbocycles. The molecule has 0 bridgehead atoms. The van der Waals surface area contributed by atoms with Crippen LogP contribution in [0.3, 0.4) is 0 Å². The number of aryl methyl sites for hydroxylation is 2. The van der Waals surface area contributed by atoms with E-state index in [-0.39, 0.29) is 25.7 Å². The molecule has 6 heteroatoms. The van der Waals surface area contributed by atoms with Crippen molar-refractivity contribution >= 4 is 54.4 Å². The molecule has 0 fully saturated rings. The molecule has 0 saturated carbocycles. The van der Waals surface area contributed by atoms with Crippen molar-refractivity contribution in [3.63, 3.8) is 0 Å². The van der Waals surface area contributed by atoms with E-state index in [1.54, 1.807) is 29.5 Å². The van der Waals surface area contributed by atoms with Crippen LogP contribution < -0.4 is 0 Å². The van der Waals surface area contributed by atoms with Crippen molar-refractivity contribution in [2.24, 2.45) is 0 Å². The molecule has 0 atom stereocenters. The first-order valence-corrected chi connectivity index (χ1v) is 20.6. The number of imidazole rings is 1. The molecule has 59 heavy (non-hydrogen) atoms. The fraction of sp³-hybridized carbons (Fsp3) is 0.170. The summed E-state index contributed by atoms with van der Waals surface area (Å²) in [6.45, 7) is 9.96. The van der Waals surface area contributed by atoms with Gasteiger partial charge in [0.1, 0.15) is 11.2 Å². The van der Waals surface area contributed by atoms with Crippen LogP contribution in [-0.4, -0.2) is 14.5 Å². The van der Waals surface area contributed by atoms with Gasteiger partial charge in [-0.05, 0) is 101 Å². The number of aromatic nitrogens is 3. The maximum atomic E-state index is 7.23. The molecule has 0 spiro atoms. The van der Waals surface area contributed by atoms with Gasteiger partial charge in [0.15, 0.2) is 0 Å². The first-order valence-electron chi connectivity index (χ1n) is 21.3. The van der Waals surface area contributed by atoms with E-state index in [1.807, 2.05) is 18.2 Å². The van der Waals surface area contributed by atoms with Gasteiger partial charge in [0, 0.05) is 47.7 Å². The summed E-state index contributed by atoms with van der Waals surface area (Å²) in [4.78, 5) is 9.38. The van der Waals surface area contributed by atoms with Gasteiger partial charge >= 0.3 is 0 Å². The van der Waals surface area contributed by atoms with Crippen LogP contribution in [0.1, 0.15) is 71.5 Å². The minimum Gasteiger partial charge on any atom is -0.456 e. The Balaban J connectivity index is 0.000000263. The molecule has 0 aliphatic heterocycles. The van der Waals surface area contributed by atoms with Gasteiger partial charge < -0.3 is 14.0 Å². The van der Waals surface area contributed by atoms with Crippen molar-refractivity contribution in [3.8, 4) is 33.8 Å². The number of furan rings is 1. The van der Waals surface area contributed by atoms with E-state index in [9.17, 15) is 0 Å². The Morgan fingerprint density at radius 1 is 0.729 bits per heavy atom. The number of nitrogens with zero attached hydrogens (tertiary/aromatic N) is 3. The van der Waals surface area contributed by atoms with Crippen molar-refractivity contribution < 1.29 is 28.6 Å². The Labute approximate surface area is 368 Å². The smallest absolute Gasteiger partial charge is 0.135 e. The van der Waals surface area contributed by atoms with Gasteiger partial charge in [-0.25, -0.2) is 0 Å². The Morgan fingerprint density at radius 2 is 1.47 bits per heavy atom. The molecule has 1 radical (unpaired) electrons. The molecule has 0 aliphatic rings. The number of hydrogen-bond acceptors (Lipinski definition) is 4. The fourth-order valence-electron chi connectivity index (χ4n) is 7.96. The standard InChI is InChI=1S/C41H35N2OS.C12H10N.Ir/c1-24(2)29-9-8-10-30(25(3)4)34(29)22-43-37-12-7-6-11-36(37)42-41(43)35-23-45-40-18-15-28(21-33(35)40)27-14-17-38-32(20-27)31-16-13-26(5)19-39(31)44-38;1-10-7-8-12(13-9-10)11-5-3-2-4-6-11;/h6-21,24-25H,22H2,1-5H3;2-5,7-9H,1H3;/q2*-1;/i;1D3;. The van der Waals surface area contributed by atoms with Crippen LogP contribution in [0.5, 0.6) is 0 Å². The first kappa shape index (κ1) is 36.4. The van der Waals surface area contributed by atoms with Gasteiger partial charge in [-0.1, -0.05) is 122 Å². The average Bonchev–Trinajstić information content (AvgIpc) is 3.96. The summed E-state index contributed by atoms with van der Waals surface area (Å²) in [5, 5.41) is 7.15. The maximum Gasteiger partial charge on any atom is 0.135 e. The van der Waals surface area contributed by atoms with Crippen molar-refractivity contribution in [3.05, 3.63) is 179 Å². The van der Waals surface area contributed by atoms with E-state index in [4.69, 9.17) is 13.5 Å². The molecule has 0 saturated heterocycles. The first-order chi connectivity index (χ1) is 29.4. The predicted molar refractivity (Wildman–Crippen MR) is 244 cm³/mol. The summed E-state index contributed by atoms with van der Waals surface area (Å²) in [7, 11) is 0. The van der Waals surface area contributed by atoms with Crippen molar-refractivity contribution in [1.82, 2.24) is 14.5 Å². The molecule has 0 unspecified atom stereocenters. The third-order valence-electron chi connectivity index (χ3n) is 10.9. The number of thiophene rings is 1. The van der Waals surface area contributed by atoms with E-state index >= 15 is 0 Å². The van der Waals surface area contributed by atoms with E-state index < -0.39 is 6.85 Å². The van der Waals surface area contributed by atoms with Crippen LogP contribution in [-0.2, 0) is 26.7 Å². The summed E-state index contributed by atoms with van der Waals surface area (Å²) in [6.07, 6.45) is 1.39. The summed E-state index contributed by atoms with van der Waals surface area (Å²) in [6, 6.07) is 48.8. The van der Waals surface area contributed by atoms with Crippen molar-refractivity contribution in [1.29, 1.82) is 0 Å². The molecular weight excluding hydrogens is 919 g/mol. The summed E-state index contributed by atoms with van der Waals surface area (Å²) in [5.41, 5.74) is 14.7. The number of fused-ring (bicyclic) bond motifs is 5. The molecule has 6 aromatic carbocycles. The second-order valence-corrected chi connectivity index (χ2v) is 16.4. The SMILES string of the molecule is Cc1ccc2c(c1)oc1ccc(-c3ccc4s[c-]c(-c5nc6ccccc6n5Cc5c(C(C)C)cccc5C(C)C)c4c3)cc12.[2H]C([2H])([2H])c1ccc(-c2[c-]cccc2)nc1.[Ir]. The van der Waals surface area contributed by atoms with E-state index in [2.05, 4.69) is 153 Å². The minimum atomic E-state index is -2.09. The Hall–Kier alpha value is -5.65. The van der Waals surface area contributed by atoms with Crippen LogP contribution in [0.2, 0.25) is 0 Å². The molecule has 10 rings (SSSR count). The van der Waals surface area contributed by atoms with Gasteiger partial charge in [-0.3, -0.25) is 16.3 Å². The number of benzene rings is 6. The van der Waals surface area contributed by atoms with Crippen LogP contribution in [0.15, 0.2) is 144 Å². The molecule has 4 nitrogen and oxygen atoms in total. The molecule has 0 N–H and O–H groups in total. The normalized spacial score (nSPS) is 12.4. The maximum absolute atomic E-state index is 7.23. The topological polar surface area (TPSA) is 43.9 Å². The van der Waals surface area contributed by atoms with Crippen LogP contribution in [0, 0.1) is 25.2 Å². The molecule has 4 aromatic heterocycles. The third-order valence-corrected chi connectivity index (χ3v) is 11.8. The molecule has 10 aromatic rings. The third kappa shape index (κ3) is 7.93. The van der Waals surface area contributed by atoms with Gasteiger partial charge in [-0.15, -0.1) is 41.3 Å². The van der Waals surface area contributed by atoms with Crippen molar-refractivity contribution in [2.45, 2.75) is 59.9 Å². The predicted octanol–water partition coefficient (Wildman–Crippen LogP) is 14.7. The Morgan fingerprint density at radius 3 is 2.20 bits per heavy atom. The zero-order valence-corrected chi connectivity index (χ0v) is 36.8. The van der Waals surface area contributed by atoms with E-state index in [1.165, 1.54) is 49.7 Å². The van der Waals surface area contributed by atoms with Gasteiger partial charge in [-0.2, -0.15) is 0 Å².